The minimum absolute atomic E-state index is 0.384. The molecule has 1 rings (SSSR count). The van der Waals surface area contributed by atoms with Gasteiger partial charge in [0.15, 0.2) is 0 Å². The highest BCUT2D eigenvalue weighted by atomic mass is 35.5. The second kappa shape index (κ2) is 7.32. The zero-order valence-electron chi connectivity index (χ0n) is 10.5. The van der Waals surface area contributed by atoms with E-state index in [2.05, 4.69) is 37.1 Å². The molecule has 0 fully saturated rings. The van der Waals surface area contributed by atoms with Gasteiger partial charge in [-0.25, -0.2) is 0 Å². The average molecular weight is 251 g/mol. The molecule has 92 valence electrons. The van der Waals surface area contributed by atoms with Crippen molar-refractivity contribution in [2.75, 3.05) is 13.6 Å². The fraction of sp³-hybridized carbons (Fsp3) is 0.500. The van der Waals surface area contributed by atoms with E-state index in [1.165, 1.54) is 5.56 Å². The summed E-state index contributed by atoms with van der Waals surface area (Å²) in [6.07, 6.45) is 2.71. The number of hydrogen-bond acceptors (Lipinski definition) is 2. The molecule has 0 aliphatic rings. The van der Waals surface area contributed by atoms with Crippen LogP contribution in [-0.2, 0) is 0 Å². The van der Waals surface area contributed by atoms with Crippen LogP contribution in [0, 0.1) is 11.3 Å². The van der Waals surface area contributed by atoms with Gasteiger partial charge in [0.05, 0.1) is 6.07 Å². The van der Waals surface area contributed by atoms with Gasteiger partial charge >= 0.3 is 0 Å². The molecule has 0 saturated heterocycles. The molecule has 3 heteroatoms. The molecule has 0 bridgehead atoms. The average Bonchev–Trinajstić information content (AvgIpc) is 2.34. The highest BCUT2D eigenvalue weighted by Crippen LogP contribution is 2.21. The lowest BCUT2D eigenvalue weighted by Crippen LogP contribution is -2.23. The molecule has 2 nitrogen and oxygen atoms in total. The van der Waals surface area contributed by atoms with Crippen molar-refractivity contribution in [2.45, 2.75) is 32.2 Å². The summed E-state index contributed by atoms with van der Waals surface area (Å²) in [5.74, 6) is 0. The minimum Gasteiger partial charge on any atom is -0.300 e. The van der Waals surface area contributed by atoms with Crippen LogP contribution in [0.2, 0.25) is 5.02 Å². The standard InChI is InChI=1S/C14H19ClN2/c1-12(13-6-8-14(15)9-7-13)17(2)11-5-3-4-10-16/h6-9,12H,3-5,11H2,1-2H3. The van der Waals surface area contributed by atoms with E-state index in [0.29, 0.717) is 12.5 Å². The Morgan fingerprint density at radius 3 is 2.53 bits per heavy atom. The van der Waals surface area contributed by atoms with E-state index < -0.39 is 0 Å². The molecule has 1 aromatic carbocycles. The van der Waals surface area contributed by atoms with Crippen molar-refractivity contribution in [1.29, 1.82) is 5.26 Å². The number of nitriles is 1. The SMILES string of the molecule is CC(c1ccc(Cl)cc1)N(C)CCCCC#N. The van der Waals surface area contributed by atoms with Gasteiger partial charge in [-0.15, -0.1) is 0 Å². The predicted octanol–water partition coefficient (Wildman–Crippen LogP) is 4.03. The van der Waals surface area contributed by atoms with Crippen molar-refractivity contribution in [3.8, 4) is 6.07 Å². The van der Waals surface area contributed by atoms with Crippen molar-refractivity contribution < 1.29 is 0 Å². The summed E-state index contributed by atoms with van der Waals surface area (Å²) < 4.78 is 0. The first-order chi connectivity index (χ1) is 8.15. The van der Waals surface area contributed by atoms with Crippen LogP contribution in [0.25, 0.3) is 0 Å². The van der Waals surface area contributed by atoms with Crippen LogP contribution in [0.3, 0.4) is 0 Å². The number of rotatable bonds is 6. The van der Waals surface area contributed by atoms with E-state index in [1.54, 1.807) is 0 Å². The second-order valence-corrected chi connectivity index (χ2v) is 4.76. The fourth-order valence-electron chi connectivity index (χ4n) is 1.75. The zero-order valence-corrected chi connectivity index (χ0v) is 11.2. The summed E-state index contributed by atoms with van der Waals surface area (Å²) in [6.45, 7) is 3.21. The van der Waals surface area contributed by atoms with Gasteiger partial charge in [0.1, 0.15) is 0 Å². The normalized spacial score (nSPS) is 12.4. The largest absolute Gasteiger partial charge is 0.300 e. The number of benzene rings is 1. The van der Waals surface area contributed by atoms with Crippen LogP contribution in [-0.4, -0.2) is 18.5 Å². The second-order valence-electron chi connectivity index (χ2n) is 4.32. The molecule has 0 N–H and O–H groups in total. The first kappa shape index (κ1) is 14.0. The molecule has 0 aliphatic carbocycles. The van der Waals surface area contributed by atoms with Crippen LogP contribution in [0.15, 0.2) is 24.3 Å². The van der Waals surface area contributed by atoms with Crippen molar-refractivity contribution in [1.82, 2.24) is 4.90 Å². The molecule has 0 amide bonds. The molecule has 1 aromatic rings. The van der Waals surface area contributed by atoms with Gasteiger partial charge in [-0.2, -0.15) is 5.26 Å². The van der Waals surface area contributed by atoms with Crippen LogP contribution in [0.1, 0.15) is 37.8 Å². The first-order valence-electron chi connectivity index (χ1n) is 5.98. The fourth-order valence-corrected chi connectivity index (χ4v) is 1.88. The summed E-state index contributed by atoms with van der Waals surface area (Å²) in [4.78, 5) is 2.31. The lowest BCUT2D eigenvalue weighted by atomic mass is 10.1. The number of nitrogens with zero attached hydrogens (tertiary/aromatic N) is 2. The van der Waals surface area contributed by atoms with E-state index in [1.807, 2.05) is 12.1 Å². The number of hydrogen-bond donors (Lipinski definition) is 0. The molecule has 1 unspecified atom stereocenters. The van der Waals surface area contributed by atoms with Gasteiger partial charge in [0.25, 0.3) is 0 Å². The summed E-state index contributed by atoms with van der Waals surface area (Å²) in [7, 11) is 2.12. The summed E-state index contributed by atoms with van der Waals surface area (Å²) in [5, 5.41) is 9.24. The molecule has 1 atom stereocenters. The molecule has 0 saturated carbocycles. The lowest BCUT2D eigenvalue weighted by Gasteiger charge is -2.25. The highest BCUT2D eigenvalue weighted by molar-refractivity contribution is 6.30. The van der Waals surface area contributed by atoms with Gasteiger partial charge in [-0.1, -0.05) is 23.7 Å². The van der Waals surface area contributed by atoms with E-state index in [0.717, 1.165) is 24.4 Å². The molecule has 17 heavy (non-hydrogen) atoms. The highest BCUT2D eigenvalue weighted by Gasteiger charge is 2.10. The monoisotopic (exact) mass is 250 g/mol. The third kappa shape index (κ3) is 4.77. The van der Waals surface area contributed by atoms with Crippen LogP contribution >= 0.6 is 11.6 Å². The van der Waals surface area contributed by atoms with Crippen molar-refractivity contribution in [2.24, 2.45) is 0 Å². The molecule has 0 heterocycles. The summed E-state index contributed by atoms with van der Waals surface area (Å²) in [5.41, 5.74) is 1.28. The van der Waals surface area contributed by atoms with Gasteiger partial charge in [-0.3, -0.25) is 4.90 Å². The smallest absolute Gasteiger partial charge is 0.0621 e. The molecule has 0 spiro atoms. The molecular formula is C14H19ClN2. The third-order valence-corrected chi connectivity index (χ3v) is 3.31. The Morgan fingerprint density at radius 1 is 1.29 bits per heavy atom. The summed E-state index contributed by atoms with van der Waals surface area (Å²) >= 11 is 5.87. The first-order valence-corrected chi connectivity index (χ1v) is 6.35. The topological polar surface area (TPSA) is 27.0 Å². The van der Waals surface area contributed by atoms with Crippen LogP contribution in [0.5, 0.6) is 0 Å². The third-order valence-electron chi connectivity index (χ3n) is 3.06. The Hall–Kier alpha value is -1.04. The zero-order chi connectivity index (χ0) is 12.7. The van der Waals surface area contributed by atoms with Crippen LogP contribution < -0.4 is 0 Å². The van der Waals surface area contributed by atoms with Gasteiger partial charge in [0, 0.05) is 17.5 Å². The number of halogens is 1. The Bertz CT molecular complexity index is 367. The Kier molecular flexibility index (Phi) is 6.04. The van der Waals surface area contributed by atoms with Gasteiger partial charge in [-0.05, 0) is 51.1 Å². The van der Waals surface area contributed by atoms with E-state index in [-0.39, 0.29) is 0 Å². The Labute approximate surface area is 109 Å². The predicted molar refractivity (Wildman–Crippen MR) is 72.0 cm³/mol. The quantitative estimate of drug-likeness (QED) is 0.713. The van der Waals surface area contributed by atoms with Gasteiger partial charge in [0.2, 0.25) is 0 Å². The Balaban J connectivity index is 2.43. The molecule has 0 radical (unpaired) electrons. The molecular weight excluding hydrogens is 232 g/mol. The van der Waals surface area contributed by atoms with Crippen molar-refractivity contribution >= 4 is 11.6 Å². The summed E-state index contributed by atoms with van der Waals surface area (Å²) in [6, 6.07) is 10.6. The van der Waals surface area contributed by atoms with E-state index in [9.17, 15) is 0 Å². The molecule has 0 aromatic heterocycles. The van der Waals surface area contributed by atoms with Gasteiger partial charge < -0.3 is 0 Å². The van der Waals surface area contributed by atoms with Crippen molar-refractivity contribution in [3.05, 3.63) is 34.9 Å². The van der Waals surface area contributed by atoms with Crippen molar-refractivity contribution in [3.63, 3.8) is 0 Å². The van der Waals surface area contributed by atoms with Crippen LogP contribution in [0.4, 0.5) is 0 Å². The molecule has 0 aliphatic heterocycles. The maximum Gasteiger partial charge on any atom is 0.0621 e. The minimum atomic E-state index is 0.384. The van der Waals surface area contributed by atoms with E-state index in [4.69, 9.17) is 16.9 Å². The number of unbranched alkanes of at least 4 members (excludes halogenated alkanes) is 2. The lowest BCUT2D eigenvalue weighted by molar-refractivity contribution is 0.256. The maximum atomic E-state index is 8.47. The van der Waals surface area contributed by atoms with E-state index >= 15 is 0 Å². The Morgan fingerprint density at radius 2 is 1.94 bits per heavy atom. The maximum absolute atomic E-state index is 8.47.